The molecule has 0 radical (unpaired) electrons. The SMILES string of the molecule is COc1cc(/C=N/Nc2ncc(F)c(N3CCCC3)n2)cc2c1OCO2. The molecule has 0 aliphatic carbocycles. The lowest BCUT2D eigenvalue weighted by molar-refractivity contribution is 0.171. The van der Waals surface area contributed by atoms with Gasteiger partial charge in [0.15, 0.2) is 23.1 Å². The minimum absolute atomic E-state index is 0.160. The van der Waals surface area contributed by atoms with Crippen LogP contribution in [-0.2, 0) is 0 Å². The molecular weight excluding hydrogens is 341 g/mol. The summed E-state index contributed by atoms with van der Waals surface area (Å²) in [6.45, 7) is 1.76. The van der Waals surface area contributed by atoms with E-state index in [9.17, 15) is 4.39 Å². The lowest BCUT2D eigenvalue weighted by Gasteiger charge is -2.16. The predicted octanol–water partition coefficient (Wildman–Crippen LogP) is 2.40. The van der Waals surface area contributed by atoms with Gasteiger partial charge in [0.1, 0.15) is 0 Å². The molecule has 0 unspecified atom stereocenters. The van der Waals surface area contributed by atoms with Gasteiger partial charge in [-0.25, -0.2) is 14.8 Å². The third kappa shape index (κ3) is 3.19. The molecule has 0 atom stereocenters. The zero-order valence-electron chi connectivity index (χ0n) is 14.2. The van der Waals surface area contributed by atoms with Gasteiger partial charge in [-0.1, -0.05) is 0 Å². The highest BCUT2D eigenvalue weighted by Gasteiger charge is 2.20. The average molecular weight is 359 g/mol. The number of fused-ring (bicyclic) bond motifs is 1. The van der Waals surface area contributed by atoms with Crippen LogP contribution < -0.4 is 24.5 Å². The van der Waals surface area contributed by atoms with Crippen LogP contribution >= 0.6 is 0 Å². The van der Waals surface area contributed by atoms with Crippen molar-refractivity contribution in [3.63, 3.8) is 0 Å². The van der Waals surface area contributed by atoms with Gasteiger partial charge in [0.2, 0.25) is 18.5 Å². The summed E-state index contributed by atoms with van der Waals surface area (Å²) in [5.74, 6) is 1.85. The molecule has 8 nitrogen and oxygen atoms in total. The second-order valence-corrected chi connectivity index (χ2v) is 5.89. The molecule has 2 aliphatic heterocycles. The lowest BCUT2D eigenvalue weighted by atomic mass is 10.2. The first kappa shape index (κ1) is 16.4. The molecule has 2 aliphatic rings. The Kier molecular flexibility index (Phi) is 4.42. The van der Waals surface area contributed by atoms with Crippen molar-refractivity contribution < 1.29 is 18.6 Å². The summed E-state index contributed by atoms with van der Waals surface area (Å²) < 4.78 is 30.0. The molecular formula is C17H18FN5O3. The maximum Gasteiger partial charge on any atom is 0.245 e. The number of nitrogens with zero attached hydrogens (tertiary/aromatic N) is 4. The van der Waals surface area contributed by atoms with Gasteiger partial charge in [-0.05, 0) is 25.0 Å². The van der Waals surface area contributed by atoms with Crippen molar-refractivity contribution in [1.29, 1.82) is 0 Å². The number of hydrogen-bond donors (Lipinski definition) is 1. The van der Waals surface area contributed by atoms with Crippen molar-refractivity contribution in [1.82, 2.24) is 9.97 Å². The summed E-state index contributed by atoms with van der Waals surface area (Å²) in [6, 6.07) is 3.57. The maximum absolute atomic E-state index is 13.9. The van der Waals surface area contributed by atoms with E-state index in [-0.39, 0.29) is 12.7 Å². The Morgan fingerprint density at radius 3 is 2.96 bits per heavy atom. The van der Waals surface area contributed by atoms with E-state index >= 15 is 0 Å². The molecule has 0 amide bonds. The first-order chi connectivity index (χ1) is 12.7. The molecule has 1 N–H and O–H groups in total. The standard InChI is InChI=1S/C17H18FN5O3/c1-24-13-6-11(7-14-15(13)26-10-25-14)8-20-22-17-19-9-12(18)16(21-17)23-4-2-3-5-23/h6-9H,2-5,10H2,1H3,(H,19,21,22)/b20-8+. The van der Waals surface area contributed by atoms with Crippen LogP contribution in [0.4, 0.5) is 16.2 Å². The van der Waals surface area contributed by atoms with Crippen LogP contribution in [0.1, 0.15) is 18.4 Å². The summed E-state index contributed by atoms with van der Waals surface area (Å²) in [6.07, 6.45) is 4.81. The monoisotopic (exact) mass is 359 g/mol. The molecule has 1 aromatic heterocycles. The van der Waals surface area contributed by atoms with Gasteiger partial charge in [0.25, 0.3) is 0 Å². The molecule has 1 fully saturated rings. The Morgan fingerprint density at radius 2 is 2.15 bits per heavy atom. The van der Waals surface area contributed by atoms with Crippen molar-refractivity contribution >= 4 is 18.0 Å². The summed E-state index contributed by atoms with van der Waals surface area (Å²) in [4.78, 5) is 10.1. The van der Waals surface area contributed by atoms with Gasteiger partial charge >= 0.3 is 0 Å². The topological polar surface area (TPSA) is 81.1 Å². The third-order valence-electron chi connectivity index (χ3n) is 4.19. The number of methoxy groups -OCH3 is 1. The smallest absolute Gasteiger partial charge is 0.245 e. The zero-order valence-corrected chi connectivity index (χ0v) is 14.2. The maximum atomic E-state index is 13.9. The Labute approximate surface area is 149 Å². The molecule has 0 spiro atoms. The molecule has 1 saturated heterocycles. The van der Waals surface area contributed by atoms with E-state index in [0.29, 0.717) is 23.1 Å². The highest BCUT2D eigenvalue weighted by atomic mass is 19.1. The number of aromatic nitrogens is 2. The number of anilines is 2. The molecule has 1 aromatic carbocycles. The zero-order chi connectivity index (χ0) is 17.9. The highest BCUT2D eigenvalue weighted by Crippen LogP contribution is 2.41. The highest BCUT2D eigenvalue weighted by molar-refractivity contribution is 5.83. The van der Waals surface area contributed by atoms with E-state index in [1.165, 1.54) is 0 Å². The summed E-state index contributed by atoms with van der Waals surface area (Å²) >= 11 is 0. The van der Waals surface area contributed by atoms with Crippen molar-refractivity contribution in [2.24, 2.45) is 5.10 Å². The van der Waals surface area contributed by atoms with E-state index in [1.54, 1.807) is 25.5 Å². The normalized spacial score (nSPS) is 15.7. The number of benzene rings is 1. The number of hydrogen-bond acceptors (Lipinski definition) is 8. The van der Waals surface area contributed by atoms with Crippen LogP contribution in [0.3, 0.4) is 0 Å². The van der Waals surface area contributed by atoms with Crippen molar-refractivity contribution in [2.45, 2.75) is 12.8 Å². The van der Waals surface area contributed by atoms with Crippen LogP contribution in [0.5, 0.6) is 17.2 Å². The quantitative estimate of drug-likeness (QED) is 0.648. The van der Waals surface area contributed by atoms with E-state index in [4.69, 9.17) is 14.2 Å². The number of halogens is 1. The lowest BCUT2D eigenvalue weighted by Crippen LogP contribution is -2.21. The van der Waals surface area contributed by atoms with Gasteiger partial charge in [0.05, 0.1) is 19.5 Å². The van der Waals surface area contributed by atoms with E-state index in [2.05, 4.69) is 20.5 Å². The van der Waals surface area contributed by atoms with E-state index in [1.807, 2.05) is 4.90 Å². The predicted molar refractivity (Wildman–Crippen MR) is 93.8 cm³/mol. The van der Waals surface area contributed by atoms with Gasteiger partial charge in [-0.3, -0.25) is 0 Å². The Morgan fingerprint density at radius 1 is 1.31 bits per heavy atom. The van der Waals surface area contributed by atoms with Crippen molar-refractivity contribution in [3.8, 4) is 17.2 Å². The van der Waals surface area contributed by atoms with Gasteiger partial charge in [-0.2, -0.15) is 10.1 Å². The van der Waals surface area contributed by atoms with Gasteiger partial charge < -0.3 is 19.1 Å². The van der Waals surface area contributed by atoms with Gasteiger partial charge in [-0.15, -0.1) is 0 Å². The van der Waals surface area contributed by atoms with Crippen molar-refractivity contribution in [3.05, 3.63) is 29.7 Å². The minimum atomic E-state index is -0.429. The summed E-state index contributed by atoms with van der Waals surface area (Å²) in [7, 11) is 1.56. The first-order valence-corrected chi connectivity index (χ1v) is 8.29. The third-order valence-corrected chi connectivity index (χ3v) is 4.19. The minimum Gasteiger partial charge on any atom is -0.493 e. The number of hydrazone groups is 1. The van der Waals surface area contributed by atoms with Gasteiger partial charge in [0, 0.05) is 18.7 Å². The summed E-state index contributed by atoms with van der Waals surface area (Å²) in [5.41, 5.74) is 3.48. The van der Waals surface area contributed by atoms with Crippen LogP contribution in [-0.4, -0.2) is 43.2 Å². The largest absolute Gasteiger partial charge is 0.493 e. The Hall–Kier alpha value is -3.10. The number of nitrogens with one attached hydrogen (secondary N) is 1. The van der Waals surface area contributed by atoms with Crippen molar-refractivity contribution in [2.75, 3.05) is 37.3 Å². The fourth-order valence-electron chi connectivity index (χ4n) is 2.95. The fraction of sp³-hybridized carbons (Fsp3) is 0.353. The average Bonchev–Trinajstić information content (AvgIpc) is 3.34. The molecule has 0 saturated carbocycles. The fourth-order valence-corrected chi connectivity index (χ4v) is 2.95. The van der Waals surface area contributed by atoms with E-state index in [0.717, 1.165) is 37.7 Å². The van der Waals surface area contributed by atoms with Crippen LogP contribution in [0.15, 0.2) is 23.4 Å². The molecule has 9 heteroatoms. The number of rotatable bonds is 5. The Balaban J connectivity index is 1.50. The van der Waals surface area contributed by atoms with Crippen LogP contribution in [0.2, 0.25) is 0 Å². The number of ether oxygens (including phenoxy) is 3. The van der Waals surface area contributed by atoms with Crippen LogP contribution in [0.25, 0.3) is 0 Å². The second kappa shape index (κ2) is 7.03. The molecule has 0 bridgehead atoms. The molecule has 136 valence electrons. The van der Waals surface area contributed by atoms with Crippen LogP contribution in [0, 0.1) is 5.82 Å². The van der Waals surface area contributed by atoms with E-state index < -0.39 is 5.82 Å². The summed E-state index contributed by atoms with van der Waals surface area (Å²) in [5, 5.41) is 4.12. The first-order valence-electron chi connectivity index (χ1n) is 8.29. The molecule has 2 aromatic rings. The molecule has 4 rings (SSSR count). The molecule has 3 heterocycles. The second-order valence-electron chi connectivity index (χ2n) is 5.89. The molecule has 26 heavy (non-hydrogen) atoms. The Bertz CT molecular complexity index is 839.